The average Bonchev–Trinajstić information content (AvgIpc) is 3.21. The van der Waals surface area contributed by atoms with Crippen LogP contribution in [0, 0.1) is 6.92 Å². The van der Waals surface area contributed by atoms with Gasteiger partial charge in [-0.05, 0) is 79.4 Å². The van der Waals surface area contributed by atoms with Gasteiger partial charge in [0.2, 0.25) is 0 Å². The number of aryl methyl sites for hydroxylation is 1. The van der Waals surface area contributed by atoms with Crippen molar-refractivity contribution in [2.24, 2.45) is 4.99 Å². The first-order chi connectivity index (χ1) is 18.3. The zero-order valence-corrected chi connectivity index (χ0v) is 22.5. The quantitative estimate of drug-likeness (QED) is 0.184. The number of hydrogen-bond acceptors (Lipinski definition) is 6. The van der Waals surface area contributed by atoms with Crippen molar-refractivity contribution in [2.75, 3.05) is 4.90 Å². The molecule has 0 unspecified atom stereocenters. The predicted octanol–water partition coefficient (Wildman–Crippen LogP) is 7.22. The molecule has 1 aliphatic heterocycles. The van der Waals surface area contributed by atoms with Gasteiger partial charge in [-0.1, -0.05) is 65.7 Å². The smallest absolute Gasteiger partial charge is 0.339 e. The lowest BCUT2D eigenvalue weighted by molar-refractivity contribution is -0.113. The highest BCUT2D eigenvalue weighted by Gasteiger charge is 2.35. The van der Waals surface area contributed by atoms with Gasteiger partial charge in [-0.15, -0.1) is 0 Å². The number of anilines is 1. The Morgan fingerprint density at radius 1 is 0.895 bits per heavy atom. The van der Waals surface area contributed by atoms with Crippen LogP contribution in [0.15, 0.2) is 118 Å². The summed E-state index contributed by atoms with van der Waals surface area (Å²) in [6.07, 6.45) is 1.57. The van der Waals surface area contributed by atoms with E-state index in [0.29, 0.717) is 32.0 Å². The Hall–Kier alpha value is -3.85. The fourth-order valence-electron chi connectivity index (χ4n) is 3.69. The van der Waals surface area contributed by atoms with Gasteiger partial charge >= 0.3 is 10.1 Å². The van der Waals surface area contributed by atoms with E-state index in [1.165, 1.54) is 40.9 Å². The van der Waals surface area contributed by atoms with Crippen LogP contribution in [0.4, 0.5) is 11.4 Å². The van der Waals surface area contributed by atoms with Crippen LogP contribution >= 0.6 is 23.4 Å². The summed E-state index contributed by atoms with van der Waals surface area (Å²) in [7, 11) is -4.12. The van der Waals surface area contributed by atoms with Crippen LogP contribution in [0.2, 0.25) is 5.02 Å². The summed E-state index contributed by atoms with van der Waals surface area (Å²) in [5.74, 6) is -0.251. The van der Waals surface area contributed by atoms with Crippen molar-refractivity contribution in [2.45, 2.75) is 11.8 Å². The number of benzene rings is 4. The molecule has 0 aliphatic carbocycles. The summed E-state index contributed by atoms with van der Waals surface area (Å²) >= 11 is 7.43. The Labute approximate surface area is 230 Å². The third-order valence-corrected chi connectivity index (χ3v) is 8.02. The number of amides is 1. The van der Waals surface area contributed by atoms with E-state index in [1.807, 2.05) is 67.6 Å². The number of para-hydroxylation sites is 2. The second kappa shape index (κ2) is 10.9. The number of amidine groups is 1. The normalized spacial score (nSPS) is 15.8. The van der Waals surface area contributed by atoms with E-state index in [1.54, 1.807) is 24.3 Å². The lowest BCUT2D eigenvalue weighted by Crippen LogP contribution is -2.28. The minimum Gasteiger partial charge on any atom is -0.378 e. The highest BCUT2D eigenvalue weighted by molar-refractivity contribution is 8.19. The standard InChI is InChI=1S/C29H21ClN2O4S2/c1-20-12-15-25(16-13-20)38(34,35)36-26-17-14-22(30)18-21(26)19-27-28(33)32(24-10-6-3-7-11-24)29(37-27)31-23-8-4-2-5-9-23/h2-19H,1H3/b27-19+,31-29?. The van der Waals surface area contributed by atoms with E-state index in [2.05, 4.69) is 0 Å². The zero-order chi connectivity index (χ0) is 26.7. The molecule has 1 saturated heterocycles. The number of carbonyl (C=O) groups excluding carboxylic acids is 1. The van der Waals surface area contributed by atoms with Crippen molar-refractivity contribution < 1.29 is 17.4 Å². The maximum atomic E-state index is 13.6. The second-order valence-electron chi connectivity index (χ2n) is 8.35. The molecular weight excluding hydrogens is 540 g/mol. The molecule has 1 aliphatic rings. The number of halogens is 1. The van der Waals surface area contributed by atoms with Crippen LogP contribution in [-0.2, 0) is 14.9 Å². The van der Waals surface area contributed by atoms with E-state index in [4.69, 9.17) is 20.8 Å². The minimum atomic E-state index is -4.12. The highest BCUT2D eigenvalue weighted by atomic mass is 35.5. The number of nitrogens with zero attached hydrogens (tertiary/aromatic N) is 2. The lowest BCUT2D eigenvalue weighted by Gasteiger charge is -2.15. The van der Waals surface area contributed by atoms with Crippen LogP contribution in [0.3, 0.4) is 0 Å². The first kappa shape index (κ1) is 25.8. The fourth-order valence-corrected chi connectivity index (χ4v) is 5.81. The number of aliphatic imine (C=N–C) groups is 1. The number of thioether (sulfide) groups is 1. The molecule has 1 amide bonds. The summed E-state index contributed by atoms with van der Waals surface area (Å²) in [5.41, 5.74) is 2.63. The van der Waals surface area contributed by atoms with Crippen molar-refractivity contribution in [3.8, 4) is 5.75 Å². The monoisotopic (exact) mass is 560 g/mol. The van der Waals surface area contributed by atoms with Gasteiger partial charge in [0, 0.05) is 10.6 Å². The largest absolute Gasteiger partial charge is 0.378 e. The summed E-state index contributed by atoms with van der Waals surface area (Å²) in [6.45, 7) is 1.87. The van der Waals surface area contributed by atoms with Crippen molar-refractivity contribution in [1.82, 2.24) is 0 Å². The minimum absolute atomic E-state index is 0.0236. The molecule has 0 bridgehead atoms. The van der Waals surface area contributed by atoms with E-state index < -0.39 is 10.1 Å². The van der Waals surface area contributed by atoms with E-state index in [9.17, 15) is 13.2 Å². The maximum absolute atomic E-state index is 13.6. The number of carbonyl (C=O) groups is 1. The van der Waals surface area contributed by atoms with Crippen molar-refractivity contribution in [3.63, 3.8) is 0 Å². The van der Waals surface area contributed by atoms with Crippen LogP contribution < -0.4 is 9.08 Å². The van der Waals surface area contributed by atoms with E-state index in [-0.39, 0.29) is 16.6 Å². The Morgan fingerprint density at radius 3 is 2.24 bits per heavy atom. The third kappa shape index (κ3) is 5.67. The van der Waals surface area contributed by atoms with Gasteiger partial charge in [-0.2, -0.15) is 8.42 Å². The molecule has 0 spiro atoms. The van der Waals surface area contributed by atoms with Crippen molar-refractivity contribution in [3.05, 3.63) is 124 Å². The Bertz CT molecular complexity index is 1650. The summed E-state index contributed by atoms with van der Waals surface area (Å²) in [5, 5.41) is 0.834. The van der Waals surface area contributed by atoms with Crippen molar-refractivity contribution in [1.29, 1.82) is 0 Å². The first-order valence-electron chi connectivity index (χ1n) is 11.5. The van der Waals surface area contributed by atoms with Gasteiger partial charge in [-0.3, -0.25) is 9.69 Å². The van der Waals surface area contributed by atoms with Gasteiger partial charge in [0.05, 0.1) is 16.3 Å². The molecule has 190 valence electrons. The van der Waals surface area contributed by atoms with E-state index >= 15 is 0 Å². The van der Waals surface area contributed by atoms with Crippen LogP contribution in [0.1, 0.15) is 11.1 Å². The maximum Gasteiger partial charge on any atom is 0.339 e. The fraction of sp³-hybridized carbons (Fsp3) is 0.0345. The van der Waals surface area contributed by atoms with Crippen LogP contribution in [0.5, 0.6) is 5.75 Å². The topological polar surface area (TPSA) is 76.0 Å². The summed E-state index contributed by atoms with van der Waals surface area (Å²) in [4.78, 5) is 20.2. The van der Waals surface area contributed by atoms with Gasteiger partial charge in [0.15, 0.2) is 5.17 Å². The highest BCUT2D eigenvalue weighted by Crippen LogP contribution is 2.39. The van der Waals surface area contributed by atoms with E-state index in [0.717, 1.165) is 5.56 Å². The molecular formula is C29H21ClN2O4S2. The van der Waals surface area contributed by atoms with Crippen LogP contribution in [-0.4, -0.2) is 19.5 Å². The molecule has 0 N–H and O–H groups in total. The van der Waals surface area contributed by atoms with Crippen LogP contribution in [0.25, 0.3) is 6.08 Å². The van der Waals surface area contributed by atoms with Gasteiger partial charge in [-0.25, -0.2) is 4.99 Å². The number of rotatable bonds is 6. The molecule has 1 heterocycles. The van der Waals surface area contributed by atoms with Crippen molar-refractivity contribution >= 4 is 62.0 Å². The summed E-state index contributed by atoms with van der Waals surface area (Å²) in [6, 6.07) is 29.4. The van der Waals surface area contributed by atoms with Gasteiger partial charge < -0.3 is 4.18 Å². The number of hydrogen-bond donors (Lipinski definition) is 0. The molecule has 0 radical (unpaired) electrons. The Balaban J connectivity index is 1.54. The third-order valence-electron chi connectivity index (χ3n) is 5.57. The molecule has 4 aromatic carbocycles. The SMILES string of the molecule is Cc1ccc(S(=O)(=O)Oc2ccc(Cl)cc2/C=C2/SC(=Nc3ccccc3)N(c3ccccc3)C2=O)cc1. The second-order valence-corrected chi connectivity index (χ2v) is 11.3. The lowest BCUT2D eigenvalue weighted by atomic mass is 10.2. The molecule has 0 saturated carbocycles. The van der Waals surface area contributed by atoms with Gasteiger partial charge in [0.1, 0.15) is 10.6 Å². The average molecular weight is 561 g/mol. The Morgan fingerprint density at radius 2 is 1.55 bits per heavy atom. The molecule has 9 heteroatoms. The molecule has 0 aromatic heterocycles. The molecule has 0 atom stereocenters. The molecule has 5 rings (SSSR count). The molecule has 6 nitrogen and oxygen atoms in total. The Kier molecular flexibility index (Phi) is 7.37. The molecule has 1 fully saturated rings. The predicted molar refractivity (Wildman–Crippen MR) is 153 cm³/mol. The van der Waals surface area contributed by atoms with Gasteiger partial charge in [0.25, 0.3) is 5.91 Å². The zero-order valence-electron chi connectivity index (χ0n) is 20.1. The molecule has 4 aromatic rings. The molecule has 38 heavy (non-hydrogen) atoms. The summed E-state index contributed by atoms with van der Waals surface area (Å²) < 4.78 is 31.4. The first-order valence-corrected chi connectivity index (χ1v) is 14.1.